The number of fused-ring (bicyclic) bond motifs is 3. The summed E-state index contributed by atoms with van der Waals surface area (Å²) in [5.41, 5.74) is -3.84. The number of benzene rings is 5. The highest BCUT2D eigenvalue weighted by Crippen LogP contribution is 2.39. The Morgan fingerprint density at radius 2 is 1.19 bits per heavy atom. The molecule has 306 valence electrons. The number of anilines is 1. The van der Waals surface area contributed by atoms with Crippen molar-refractivity contribution in [1.82, 2.24) is 0 Å². The van der Waals surface area contributed by atoms with Crippen LogP contribution in [-0.2, 0) is 50.4 Å². The first-order valence-electron chi connectivity index (χ1n) is 17.6. The number of aliphatic hydroxyl groups excluding tert-OH is 1. The number of aliphatic hydroxyl groups is 1. The Kier molecular flexibility index (Phi) is 11.3. The predicted octanol–water partition coefficient (Wildman–Crippen LogP) is 10.7. The van der Waals surface area contributed by atoms with Crippen molar-refractivity contribution in [2.24, 2.45) is 0 Å². The second kappa shape index (κ2) is 15.6. The summed E-state index contributed by atoms with van der Waals surface area (Å²) >= 11 is 0. The van der Waals surface area contributed by atoms with E-state index in [0.717, 1.165) is 51.4 Å². The van der Waals surface area contributed by atoms with E-state index in [4.69, 9.17) is 0 Å². The van der Waals surface area contributed by atoms with Crippen LogP contribution < -0.4 is 15.8 Å². The Bertz CT molecular complexity index is 2480. The average Bonchev–Trinajstić information content (AvgIpc) is 3.51. The van der Waals surface area contributed by atoms with Crippen molar-refractivity contribution < 1.29 is 67.7 Å². The van der Waals surface area contributed by atoms with Crippen molar-refractivity contribution in [2.45, 2.75) is 63.2 Å². The number of aryl methyl sites for hydroxylation is 4. The van der Waals surface area contributed by atoms with Crippen LogP contribution in [0.15, 0.2) is 78.9 Å². The van der Waals surface area contributed by atoms with Crippen LogP contribution in [0.25, 0.3) is 22.6 Å². The van der Waals surface area contributed by atoms with Crippen molar-refractivity contribution in [2.75, 3.05) is 11.9 Å². The van der Waals surface area contributed by atoms with Gasteiger partial charge in [0.1, 0.15) is 11.5 Å². The fourth-order valence-corrected chi connectivity index (χ4v) is 6.93. The quantitative estimate of drug-likeness (QED) is 0.149. The highest BCUT2D eigenvalue weighted by molar-refractivity contribution is 6.10. The number of hydrogen-bond acceptors (Lipinski definition) is 4. The van der Waals surface area contributed by atoms with Crippen LogP contribution in [0, 0.1) is 0 Å². The molecular formula is C42H31F12NO3. The first-order valence-corrected chi connectivity index (χ1v) is 17.6. The van der Waals surface area contributed by atoms with Crippen LogP contribution in [0.5, 0.6) is 5.75 Å². The molecule has 58 heavy (non-hydrogen) atoms. The number of halogens is 12. The van der Waals surface area contributed by atoms with E-state index in [1.807, 2.05) is 36.4 Å². The van der Waals surface area contributed by atoms with Gasteiger partial charge in [-0.25, -0.2) is 0 Å². The molecule has 0 fully saturated rings. The van der Waals surface area contributed by atoms with Gasteiger partial charge in [-0.05, 0) is 125 Å². The molecule has 4 nitrogen and oxygen atoms in total. The van der Waals surface area contributed by atoms with E-state index in [-0.39, 0.29) is 72.6 Å². The topological polar surface area (TPSA) is 69.6 Å². The normalized spacial score (nSPS) is 14.3. The molecule has 5 aromatic rings. The van der Waals surface area contributed by atoms with Gasteiger partial charge in [0.05, 0.1) is 34.4 Å². The molecule has 0 aromatic heterocycles. The minimum Gasteiger partial charge on any atom is -0.512 e. The van der Waals surface area contributed by atoms with Gasteiger partial charge in [-0.2, -0.15) is 52.7 Å². The van der Waals surface area contributed by atoms with E-state index in [1.54, 1.807) is 0 Å². The Morgan fingerprint density at radius 1 is 0.569 bits per heavy atom. The van der Waals surface area contributed by atoms with Gasteiger partial charge in [0.25, 0.3) is 0 Å². The first kappa shape index (κ1) is 41.9. The number of alkyl halides is 12. The van der Waals surface area contributed by atoms with Crippen molar-refractivity contribution >= 4 is 34.1 Å². The molecule has 1 aliphatic carbocycles. The van der Waals surface area contributed by atoms with Crippen molar-refractivity contribution in [3.05, 3.63) is 139 Å². The van der Waals surface area contributed by atoms with Crippen LogP contribution in [0.3, 0.4) is 0 Å². The van der Waals surface area contributed by atoms with Gasteiger partial charge in [0.2, 0.25) is 0 Å². The molecule has 0 saturated carbocycles. The molecule has 1 aliphatic heterocycles. The van der Waals surface area contributed by atoms with Crippen LogP contribution in [-0.4, -0.2) is 22.5 Å². The molecule has 0 spiro atoms. The predicted molar refractivity (Wildman–Crippen MR) is 192 cm³/mol. The molecule has 0 saturated heterocycles. The average molecular weight is 826 g/mol. The number of rotatable bonds is 6. The SMILES string of the molecule is O=C1CNc2cc(CCc3ccc(C(F)(F)F)cc3C(F)(F)F)cc(O)c21.OC1=c2cc3cc(CCc4cc(C(F)(F)F)cc(C(F)(F)F)c4)ccc3cc2=CCC1. The first-order chi connectivity index (χ1) is 27.0. The van der Waals surface area contributed by atoms with Gasteiger partial charge in [-0.15, -0.1) is 0 Å². The molecule has 5 aromatic carbocycles. The number of aromatic hydroxyl groups is 1. The summed E-state index contributed by atoms with van der Waals surface area (Å²) in [5, 5.41) is 26.4. The van der Waals surface area contributed by atoms with Gasteiger partial charge >= 0.3 is 24.7 Å². The molecule has 1 heterocycles. The summed E-state index contributed by atoms with van der Waals surface area (Å²) in [6, 6.07) is 15.4. The molecule has 0 bridgehead atoms. The fraction of sp³-hybridized carbons (Fsp3) is 0.262. The molecule has 2 aliphatic rings. The minimum atomic E-state index is -4.93. The Morgan fingerprint density at radius 3 is 1.83 bits per heavy atom. The second-order valence-corrected chi connectivity index (χ2v) is 13.9. The number of nitrogens with one attached hydrogen (secondary N) is 1. The van der Waals surface area contributed by atoms with Crippen LogP contribution >= 0.6 is 0 Å². The zero-order chi connectivity index (χ0) is 42.4. The van der Waals surface area contributed by atoms with E-state index in [9.17, 15) is 67.7 Å². The lowest BCUT2D eigenvalue weighted by atomic mass is 9.96. The molecule has 16 heteroatoms. The largest absolute Gasteiger partial charge is 0.512 e. The smallest absolute Gasteiger partial charge is 0.416 e. The summed E-state index contributed by atoms with van der Waals surface area (Å²) < 4.78 is 156. The van der Waals surface area contributed by atoms with E-state index in [2.05, 4.69) is 5.32 Å². The lowest BCUT2D eigenvalue weighted by Crippen LogP contribution is -2.29. The standard InChI is InChI=1S/C24H18F6O.C18H13F6NO2/c25-23(26,27)19-9-15(10-20(13-19)24(28,29)30)5-4-14-6-7-16-11-17-2-1-3-22(31)21(17)12-18(16)8-14;19-17(20,21)11-4-3-10(12(7-11)18(22,23)24)2-1-9-5-13-16(14(26)6-9)15(27)8-25-13/h2,6-13,31H,1,3-5H2;3-7,25-26H,1-2,8H2. The maximum atomic E-state index is 13.2. The van der Waals surface area contributed by atoms with Gasteiger partial charge in [-0.1, -0.05) is 30.3 Å². The van der Waals surface area contributed by atoms with Crippen molar-refractivity contribution in [3.63, 3.8) is 0 Å². The summed E-state index contributed by atoms with van der Waals surface area (Å²) in [7, 11) is 0. The van der Waals surface area contributed by atoms with Crippen LogP contribution in [0.1, 0.15) is 67.7 Å². The maximum Gasteiger partial charge on any atom is 0.416 e. The number of ketones is 1. The molecule has 3 N–H and O–H groups in total. The summed E-state index contributed by atoms with van der Waals surface area (Å²) in [6.45, 7) is 0.0173. The van der Waals surface area contributed by atoms with E-state index >= 15 is 0 Å². The number of carbonyl (C=O) groups excluding carboxylic acids is 1. The van der Waals surface area contributed by atoms with E-state index in [1.165, 1.54) is 12.1 Å². The van der Waals surface area contributed by atoms with Gasteiger partial charge < -0.3 is 15.5 Å². The minimum absolute atomic E-state index is 0.0173. The van der Waals surface area contributed by atoms with Gasteiger partial charge in [-0.3, -0.25) is 4.79 Å². The van der Waals surface area contributed by atoms with Crippen LogP contribution in [0.4, 0.5) is 58.4 Å². The van der Waals surface area contributed by atoms with Gasteiger partial charge in [0.15, 0.2) is 5.78 Å². The Hall–Kier alpha value is -5.67. The Balaban J connectivity index is 0.000000198. The highest BCUT2D eigenvalue weighted by Gasteiger charge is 2.39. The second-order valence-electron chi connectivity index (χ2n) is 13.9. The maximum absolute atomic E-state index is 13.2. The third-order valence-corrected chi connectivity index (χ3v) is 9.80. The van der Waals surface area contributed by atoms with Crippen LogP contribution in [0.2, 0.25) is 0 Å². The fourth-order valence-electron chi connectivity index (χ4n) is 6.93. The highest BCUT2D eigenvalue weighted by atomic mass is 19.4. The number of Topliss-reactive ketones (excluding diaryl/α,β-unsaturated/α-hetero) is 1. The van der Waals surface area contributed by atoms with Crippen molar-refractivity contribution in [1.29, 1.82) is 0 Å². The number of phenols is 1. The third-order valence-electron chi connectivity index (χ3n) is 9.80. The molecular weight excluding hydrogens is 794 g/mol. The molecule has 0 amide bonds. The zero-order valence-corrected chi connectivity index (χ0v) is 29.9. The Labute approximate surface area is 321 Å². The summed E-state index contributed by atoms with van der Waals surface area (Å²) in [4.78, 5) is 11.6. The lowest BCUT2D eigenvalue weighted by molar-refractivity contribution is -0.144. The molecule has 0 unspecified atom stereocenters. The number of carbonyl (C=O) groups is 1. The molecule has 7 rings (SSSR count). The van der Waals surface area contributed by atoms with E-state index in [0.29, 0.717) is 29.5 Å². The monoisotopic (exact) mass is 825 g/mol. The molecule has 0 radical (unpaired) electrons. The van der Waals surface area contributed by atoms with Gasteiger partial charge in [0, 0.05) is 17.3 Å². The third kappa shape index (κ3) is 9.54. The van der Waals surface area contributed by atoms with E-state index < -0.39 is 47.0 Å². The summed E-state index contributed by atoms with van der Waals surface area (Å²) in [6.07, 6.45) is -15.9. The zero-order valence-electron chi connectivity index (χ0n) is 29.9. The number of hydrogen-bond donors (Lipinski definition) is 3. The molecule has 0 atom stereocenters. The van der Waals surface area contributed by atoms with Crippen molar-refractivity contribution in [3.8, 4) is 5.75 Å². The summed E-state index contributed by atoms with van der Waals surface area (Å²) in [5.74, 6) is -0.259. The lowest BCUT2D eigenvalue weighted by Gasteiger charge is -2.16. The number of phenolic OH excluding ortho intramolecular Hbond substituents is 1.